The van der Waals surface area contributed by atoms with Gasteiger partial charge in [0.25, 0.3) is 0 Å². The minimum Gasteiger partial charge on any atom is -0.495 e. The Morgan fingerprint density at radius 1 is 1.19 bits per heavy atom. The van der Waals surface area contributed by atoms with Crippen LogP contribution in [0.1, 0.15) is 10.5 Å². The predicted octanol–water partition coefficient (Wildman–Crippen LogP) is 2.56. The van der Waals surface area contributed by atoms with Crippen LogP contribution in [0.15, 0.2) is 16.6 Å². The van der Waals surface area contributed by atoms with Gasteiger partial charge in [-0.3, -0.25) is 5.10 Å². The number of carbonyl (C=O) groups is 1. The van der Waals surface area contributed by atoms with Crippen LogP contribution in [0.25, 0.3) is 11.3 Å². The quantitative estimate of drug-likeness (QED) is 0.854. The fourth-order valence-corrected chi connectivity index (χ4v) is 2.63. The lowest BCUT2D eigenvalue weighted by Crippen LogP contribution is -1.97. The molecule has 8 heteroatoms. The van der Waals surface area contributed by atoms with Crippen molar-refractivity contribution in [1.29, 1.82) is 0 Å². The maximum absolute atomic E-state index is 10.9. The molecule has 112 valence electrons. The highest BCUT2D eigenvalue weighted by Gasteiger charge is 2.22. The van der Waals surface area contributed by atoms with Crippen LogP contribution >= 0.6 is 15.9 Å². The number of carboxylic acids is 1. The number of nitrogens with zero attached hydrogens (tertiary/aromatic N) is 1. The van der Waals surface area contributed by atoms with Crippen molar-refractivity contribution < 1.29 is 24.1 Å². The number of aromatic nitrogens is 2. The second-order valence-electron chi connectivity index (χ2n) is 3.98. The van der Waals surface area contributed by atoms with Crippen molar-refractivity contribution in [3.63, 3.8) is 0 Å². The van der Waals surface area contributed by atoms with E-state index in [0.29, 0.717) is 33.0 Å². The first-order valence-corrected chi connectivity index (χ1v) is 6.60. The molecular formula is C13H13BrN2O5. The summed E-state index contributed by atoms with van der Waals surface area (Å²) >= 11 is 3.39. The molecule has 1 aromatic heterocycles. The topological polar surface area (TPSA) is 93.7 Å². The summed E-state index contributed by atoms with van der Waals surface area (Å²) in [6, 6.07) is 3.09. The second-order valence-corrected chi connectivity index (χ2v) is 4.77. The number of nitrogens with one attached hydrogen (secondary N) is 1. The molecule has 1 aromatic carbocycles. The maximum atomic E-state index is 10.9. The van der Waals surface area contributed by atoms with Gasteiger partial charge >= 0.3 is 5.97 Å². The van der Waals surface area contributed by atoms with E-state index >= 15 is 0 Å². The molecule has 0 unspecified atom stereocenters. The number of aromatic carboxylic acids is 1. The lowest BCUT2D eigenvalue weighted by atomic mass is 10.1. The molecule has 1 heterocycles. The number of halogens is 1. The third kappa shape index (κ3) is 2.66. The Morgan fingerprint density at radius 3 is 2.33 bits per heavy atom. The number of rotatable bonds is 5. The predicted molar refractivity (Wildman–Crippen MR) is 78.3 cm³/mol. The molecule has 0 fully saturated rings. The van der Waals surface area contributed by atoms with Gasteiger partial charge in [-0.05, 0) is 28.1 Å². The van der Waals surface area contributed by atoms with Crippen molar-refractivity contribution >= 4 is 21.9 Å². The summed E-state index contributed by atoms with van der Waals surface area (Å²) in [7, 11) is 4.52. The molecule has 0 spiro atoms. The summed E-state index contributed by atoms with van der Waals surface area (Å²) in [6.07, 6.45) is 0. The molecule has 2 aromatic rings. The van der Waals surface area contributed by atoms with E-state index in [2.05, 4.69) is 26.1 Å². The molecular weight excluding hydrogens is 344 g/mol. The highest BCUT2D eigenvalue weighted by atomic mass is 79.9. The number of hydrogen-bond acceptors (Lipinski definition) is 5. The van der Waals surface area contributed by atoms with Gasteiger partial charge in [-0.2, -0.15) is 5.10 Å². The zero-order chi connectivity index (χ0) is 15.6. The van der Waals surface area contributed by atoms with Gasteiger partial charge in [0.1, 0.15) is 15.9 Å². The number of benzene rings is 1. The third-order valence-electron chi connectivity index (χ3n) is 2.85. The zero-order valence-electron chi connectivity index (χ0n) is 11.6. The molecule has 2 rings (SSSR count). The maximum Gasteiger partial charge on any atom is 0.353 e. The van der Waals surface area contributed by atoms with Crippen LogP contribution in [0.3, 0.4) is 0 Å². The Hall–Kier alpha value is -2.22. The van der Waals surface area contributed by atoms with E-state index in [1.54, 1.807) is 6.07 Å². The molecule has 0 aliphatic rings. The van der Waals surface area contributed by atoms with Crippen molar-refractivity contribution in [2.24, 2.45) is 0 Å². The molecule has 2 N–H and O–H groups in total. The summed E-state index contributed by atoms with van der Waals surface area (Å²) in [4.78, 5) is 10.9. The Balaban J connectivity index is 2.66. The molecule has 0 bridgehead atoms. The Bertz CT molecular complexity index is 683. The summed E-state index contributed by atoms with van der Waals surface area (Å²) in [5, 5.41) is 15.4. The van der Waals surface area contributed by atoms with Gasteiger partial charge in [0.15, 0.2) is 11.5 Å². The van der Waals surface area contributed by atoms with Gasteiger partial charge in [-0.25, -0.2) is 4.79 Å². The Labute approximate surface area is 129 Å². The summed E-state index contributed by atoms with van der Waals surface area (Å²) in [6.45, 7) is 0. The van der Waals surface area contributed by atoms with Gasteiger partial charge in [0.2, 0.25) is 0 Å². The number of hydrogen-bond donors (Lipinski definition) is 2. The third-order valence-corrected chi connectivity index (χ3v) is 3.58. The minimum absolute atomic E-state index is 0.0158. The van der Waals surface area contributed by atoms with E-state index in [-0.39, 0.29) is 5.69 Å². The van der Waals surface area contributed by atoms with Gasteiger partial charge < -0.3 is 19.3 Å². The largest absolute Gasteiger partial charge is 0.495 e. The van der Waals surface area contributed by atoms with Crippen molar-refractivity contribution in [2.75, 3.05) is 21.3 Å². The molecule has 0 atom stereocenters. The molecule has 0 saturated heterocycles. The molecule has 21 heavy (non-hydrogen) atoms. The first kappa shape index (κ1) is 15.2. The van der Waals surface area contributed by atoms with Crippen LogP contribution in [0, 0.1) is 0 Å². The van der Waals surface area contributed by atoms with Crippen LogP contribution in [0.4, 0.5) is 0 Å². The van der Waals surface area contributed by atoms with E-state index in [0.717, 1.165) is 0 Å². The molecule has 0 amide bonds. The molecule has 0 aliphatic carbocycles. The number of aromatic amines is 1. The first-order chi connectivity index (χ1) is 10.0. The normalized spacial score (nSPS) is 10.3. The summed E-state index contributed by atoms with van der Waals surface area (Å²) in [5.74, 6) is 0.329. The van der Waals surface area contributed by atoms with Gasteiger partial charge in [-0.1, -0.05) is 0 Å². The SMILES string of the molecule is COc1cc(-c2cc(C(=O)O)[nH]n2)c(OC)c(Br)c1OC. The van der Waals surface area contributed by atoms with Gasteiger partial charge in [0.05, 0.1) is 27.0 Å². The highest BCUT2D eigenvalue weighted by molar-refractivity contribution is 9.10. The van der Waals surface area contributed by atoms with E-state index < -0.39 is 5.97 Å². The Morgan fingerprint density at radius 2 is 1.86 bits per heavy atom. The number of carboxylic acid groups (broad SMARTS) is 1. The molecule has 7 nitrogen and oxygen atoms in total. The van der Waals surface area contributed by atoms with Crippen molar-refractivity contribution in [3.05, 3.63) is 22.3 Å². The highest BCUT2D eigenvalue weighted by Crippen LogP contribution is 2.47. The molecule has 0 aliphatic heterocycles. The van der Waals surface area contributed by atoms with Crippen LogP contribution in [0.2, 0.25) is 0 Å². The first-order valence-electron chi connectivity index (χ1n) is 5.81. The average molecular weight is 357 g/mol. The summed E-state index contributed by atoms with van der Waals surface area (Å²) < 4.78 is 16.5. The van der Waals surface area contributed by atoms with Crippen LogP contribution in [-0.2, 0) is 0 Å². The minimum atomic E-state index is -1.09. The van der Waals surface area contributed by atoms with E-state index in [4.69, 9.17) is 19.3 Å². The molecule has 0 saturated carbocycles. The fraction of sp³-hybridized carbons (Fsp3) is 0.231. The standard InChI is InChI=1S/C13H13BrN2O5/c1-19-9-4-6(7-5-8(13(17)18)16-15-7)11(20-2)10(14)12(9)21-3/h4-5H,1-3H3,(H,15,16)(H,17,18). The fourth-order valence-electron chi connectivity index (χ4n) is 1.89. The van der Waals surface area contributed by atoms with Gasteiger partial charge in [-0.15, -0.1) is 0 Å². The lowest BCUT2D eigenvalue weighted by molar-refractivity contribution is 0.0690. The molecule has 0 radical (unpaired) electrons. The van der Waals surface area contributed by atoms with Crippen molar-refractivity contribution in [2.45, 2.75) is 0 Å². The lowest BCUT2D eigenvalue weighted by Gasteiger charge is -2.15. The number of ether oxygens (including phenoxy) is 3. The number of methoxy groups -OCH3 is 3. The monoisotopic (exact) mass is 356 g/mol. The smallest absolute Gasteiger partial charge is 0.353 e. The second kappa shape index (κ2) is 6.04. The van der Waals surface area contributed by atoms with E-state index in [1.165, 1.54) is 27.4 Å². The Kier molecular flexibility index (Phi) is 4.37. The average Bonchev–Trinajstić information content (AvgIpc) is 2.96. The van der Waals surface area contributed by atoms with E-state index in [9.17, 15) is 4.79 Å². The number of H-pyrrole nitrogens is 1. The van der Waals surface area contributed by atoms with Crippen LogP contribution in [-0.4, -0.2) is 42.6 Å². The van der Waals surface area contributed by atoms with Crippen molar-refractivity contribution in [3.8, 4) is 28.5 Å². The van der Waals surface area contributed by atoms with Crippen molar-refractivity contribution in [1.82, 2.24) is 10.2 Å². The zero-order valence-corrected chi connectivity index (χ0v) is 13.1. The van der Waals surface area contributed by atoms with E-state index in [1.807, 2.05) is 0 Å². The van der Waals surface area contributed by atoms with Gasteiger partial charge in [0, 0.05) is 5.56 Å². The van der Waals surface area contributed by atoms with Crippen LogP contribution < -0.4 is 14.2 Å². The summed E-state index contributed by atoms with van der Waals surface area (Å²) in [5.41, 5.74) is 0.981. The van der Waals surface area contributed by atoms with Crippen LogP contribution in [0.5, 0.6) is 17.2 Å².